The van der Waals surface area contributed by atoms with Crippen molar-refractivity contribution in [3.8, 4) is 0 Å². The van der Waals surface area contributed by atoms with Crippen molar-refractivity contribution in [2.24, 2.45) is 11.8 Å². The lowest BCUT2D eigenvalue weighted by Crippen LogP contribution is -2.14. The van der Waals surface area contributed by atoms with Crippen molar-refractivity contribution in [2.45, 2.75) is 40.0 Å². The second-order valence-corrected chi connectivity index (χ2v) is 4.91. The van der Waals surface area contributed by atoms with Crippen LogP contribution in [0, 0.1) is 5.92 Å². The molecule has 1 rings (SSSR count). The van der Waals surface area contributed by atoms with Gasteiger partial charge in [0.2, 0.25) is 5.95 Å². The summed E-state index contributed by atoms with van der Waals surface area (Å²) in [6, 6.07) is 1.87. The van der Waals surface area contributed by atoms with E-state index >= 15 is 0 Å². The van der Waals surface area contributed by atoms with Crippen molar-refractivity contribution in [2.75, 3.05) is 17.3 Å². The summed E-state index contributed by atoms with van der Waals surface area (Å²) in [7, 11) is 0. The zero-order valence-corrected chi connectivity index (χ0v) is 11.1. The molecule has 0 unspecified atom stereocenters. The van der Waals surface area contributed by atoms with Crippen molar-refractivity contribution in [3.05, 3.63) is 11.8 Å². The summed E-state index contributed by atoms with van der Waals surface area (Å²) >= 11 is 0. The molecule has 0 fully saturated rings. The molecule has 1 aromatic rings. The molecule has 17 heavy (non-hydrogen) atoms. The quantitative estimate of drug-likeness (QED) is 0.523. The van der Waals surface area contributed by atoms with E-state index in [2.05, 4.69) is 48.4 Å². The highest BCUT2D eigenvalue weighted by molar-refractivity contribution is 5.42. The maximum atomic E-state index is 5.40. The zero-order valence-electron chi connectivity index (χ0n) is 11.1. The van der Waals surface area contributed by atoms with Crippen LogP contribution in [0.25, 0.3) is 0 Å². The summed E-state index contributed by atoms with van der Waals surface area (Å²) in [5, 5.41) is 3.23. The molecular weight excluding hydrogens is 214 g/mol. The smallest absolute Gasteiger partial charge is 0.224 e. The van der Waals surface area contributed by atoms with Gasteiger partial charge in [0.05, 0.1) is 5.69 Å². The van der Waals surface area contributed by atoms with Crippen molar-refractivity contribution in [3.63, 3.8) is 0 Å². The molecule has 0 amide bonds. The van der Waals surface area contributed by atoms with Crippen molar-refractivity contribution in [1.29, 1.82) is 0 Å². The maximum absolute atomic E-state index is 5.40. The van der Waals surface area contributed by atoms with Crippen LogP contribution >= 0.6 is 0 Å². The fourth-order valence-electron chi connectivity index (χ4n) is 1.39. The van der Waals surface area contributed by atoms with Gasteiger partial charge < -0.3 is 10.7 Å². The van der Waals surface area contributed by atoms with E-state index in [1.165, 1.54) is 0 Å². The Labute approximate surface area is 103 Å². The lowest BCUT2D eigenvalue weighted by molar-refractivity contribution is 0.605. The predicted octanol–water partition coefficient (Wildman–Crippen LogP) is 2.34. The summed E-state index contributed by atoms with van der Waals surface area (Å²) in [6.07, 6.45) is 1.10. The van der Waals surface area contributed by atoms with Gasteiger partial charge in [-0.05, 0) is 18.3 Å². The summed E-state index contributed by atoms with van der Waals surface area (Å²) in [6.45, 7) is 9.46. The van der Waals surface area contributed by atoms with Crippen LogP contribution in [0.5, 0.6) is 0 Å². The van der Waals surface area contributed by atoms with Gasteiger partial charge in [-0.15, -0.1) is 0 Å². The molecule has 4 N–H and O–H groups in total. The lowest BCUT2D eigenvalue weighted by Gasteiger charge is -2.11. The minimum atomic E-state index is 0.357. The molecule has 0 aliphatic heterocycles. The normalized spacial score (nSPS) is 11.0. The van der Waals surface area contributed by atoms with Gasteiger partial charge in [-0.2, -0.15) is 4.98 Å². The van der Waals surface area contributed by atoms with E-state index in [0.29, 0.717) is 23.6 Å². The third-order valence-corrected chi connectivity index (χ3v) is 2.49. The molecule has 0 spiro atoms. The number of nitrogens with one attached hydrogen (secondary N) is 2. The second-order valence-electron chi connectivity index (χ2n) is 4.91. The van der Waals surface area contributed by atoms with Crippen LogP contribution in [0.4, 0.5) is 11.8 Å². The van der Waals surface area contributed by atoms with Crippen molar-refractivity contribution in [1.82, 2.24) is 9.97 Å². The Morgan fingerprint density at radius 1 is 1.24 bits per heavy atom. The van der Waals surface area contributed by atoms with Gasteiger partial charge in [-0.25, -0.2) is 10.8 Å². The molecule has 1 heterocycles. The first-order chi connectivity index (χ1) is 8.02. The molecule has 0 aromatic carbocycles. The molecule has 5 nitrogen and oxygen atoms in total. The van der Waals surface area contributed by atoms with Crippen LogP contribution in [0.2, 0.25) is 0 Å². The molecule has 0 atom stereocenters. The van der Waals surface area contributed by atoms with Crippen molar-refractivity contribution >= 4 is 11.8 Å². The molecule has 5 heteroatoms. The Hall–Kier alpha value is -1.36. The second kappa shape index (κ2) is 6.39. The molecular formula is C12H23N5. The summed E-state index contributed by atoms with van der Waals surface area (Å²) in [4.78, 5) is 8.73. The first kappa shape index (κ1) is 13.7. The number of anilines is 2. The van der Waals surface area contributed by atoms with Gasteiger partial charge in [-0.1, -0.05) is 27.7 Å². The molecule has 0 saturated carbocycles. The van der Waals surface area contributed by atoms with E-state index in [4.69, 9.17) is 5.84 Å². The van der Waals surface area contributed by atoms with E-state index in [1.54, 1.807) is 0 Å². The van der Waals surface area contributed by atoms with E-state index in [9.17, 15) is 0 Å². The molecule has 0 aliphatic carbocycles. The third kappa shape index (κ3) is 4.56. The Kier molecular flexibility index (Phi) is 5.15. The van der Waals surface area contributed by atoms with Gasteiger partial charge in [0, 0.05) is 12.6 Å². The topological polar surface area (TPSA) is 75.9 Å². The van der Waals surface area contributed by atoms with Gasteiger partial charge >= 0.3 is 0 Å². The van der Waals surface area contributed by atoms with Crippen LogP contribution in [0.15, 0.2) is 6.07 Å². The van der Waals surface area contributed by atoms with E-state index in [1.807, 2.05) is 6.07 Å². The highest BCUT2D eigenvalue weighted by Crippen LogP contribution is 2.17. The number of aromatic nitrogens is 2. The number of rotatable bonds is 6. The van der Waals surface area contributed by atoms with Gasteiger partial charge in [0.1, 0.15) is 5.82 Å². The third-order valence-electron chi connectivity index (χ3n) is 2.49. The van der Waals surface area contributed by atoms with Gasteiger partial charge in [0.25, 0.3) is 0 Å². The molecule has 96 valence electrons. The average molecular weight is 237 g/mol. The van der Waals surface area contributed by atoms with Crippen molar-refractivity contribution < 1.29 is 0 Å². The largest absolute Gasteiger partial charge is 0.354 e. The highest BCUT2D eigenvalue weighted by atomic mass is 15.3. The fraction of sp³-hybridized carbons (Fsp3) is 0.667. The van der Waals surface area contributed by atoms with Gasteiger partial charge in [-0.3, -0.25) is 0 Å². The molecule has 0 radical (unpaired) electrons. The molecule has 0 aliphatic rings. The standard InChI is InChI=1S/C12H23N5/c1-8(2)5-6-14-12-15-10(9(3)4)7-11(16-12)17-13/h7-9H,5-6,13H2,1-4H3,(H2,14,15,16,17). The first-order valence-corrected chi connectivity index (χ1v) is 6.12. The number of hydrogen-bond donors (Lipinski definition) is 3. The average Bonchev–Trinajstić information content (AvgIpc) is 2.28. The minimum absolute atomic E-state index is 0.357. The highest BCUT2D eigenvalue weighted by Gasteiger charge is 2.07. The van der Waals surface area contributed by atoms with Gasteiger partial charge in [0.15, 0.2) is 0 Å². The van der Waals surface area contributed by atoms with E-state index in [0.717, 1.165) is 18.7 Å². The van der Waals surface area contributed by atoms with E-state index in [-0.39, 0.29) is 0 Å². The lowest BCUT2D eigenvalue weighted by atomic mass is 10.1. The van der Waals surface area contributed by atoms with Crippen LogP contribution in [0.3, 0.4) is 0 Å². The monoisotopic (exact) mass is 237 g/mol. The Morgan fingerprint density at radius 3 is 2.47 bits per heavy atom. The van der Waals surface area contributed by atoms with E-state index < -0.39 is 0 Å². The summed E-state index contributed by atoms with van der Waals surface area (Å²) in [5.74, 6) is 7.72. The molecule has 0 bridgehead atoms. The van der Waals surface area contributed by atoms with Crippen LogP contribution in [0.1, 0.15) is 45.7 Å². The SMILES string of the molecule is CC(C)CCNc1nc(NN)cc(C(C)C)n1. The molecule has 0 saturated heterocycles. The zero-order chi connectivity index (χ0) is 12.8. The van der Waals surface area contributed by atoms with Crippen LogP contribution < -0.4 is 16.6 Å². The number of nitrogens with zero attached hydrogens (tertiary/aromatic N) is 2. The summed E-state index contributed by atoms with van der Waals surface area (Å²) in [5.41, 5.74) is 3.56. The number of nitrogen functional groups attached to an aromatic ring is 1. The Bertz CT molecular complexity index is 349. The summed E-state index contributed by atoms with van der Waals surface area (Å²) < 4.78 is 0. The minimum Gasteiger partial charge on any atom is -0.354 e. The fourth-order valence-corrected chi connectivity index (χ4v) is 1.39. The van der Waals surface area contributed by atoms with Crippen LogP contribution in [-0.2, 0) is 0 Å². The number of hydrazine groups is 1. The number of nitrogens with two attached hydrogens (primary N) is 1. The first-order valence-electron chi connectivity index (χ1n) is 6.12. The Balaban J connectivity index is 2.73. The van der Waals surface area contributed by atoms with Crippen LogP contribution in [-0.4, -0.2) is 16.5 Å². The maximum Gasteiger partial charge on any atom is 0.224 e. The molecule has 1 aromatic heterocycles. The predicted molar refractivity (Wildman–Crippen MR) is 71.9 cm³/mol. The number of hydrogen-bond acceptors (Lipinski definition) is 5. The Morgan fingerprint density at radius 2 is 1.94 bits per heavy atom.